The summed E-state index contributed by atoms with van der Waals surface area (Å²) in [6, 6.07) is 15.4. The van der Waals surface area contributed by atoms with Crippen LogP contribution in [0.4, 0.5) is 0 Å². The van der Waals surface area contributed by atoms with Crippen LogP contribution in [0.5, 0.6) is 0 Å². The van der Waals surface area contributed by atoms with Crippen molar-refractivity contribution < 1.29 is 0 Å². The predicted molar refractivity (Wildman–Crippen MR) is 99.4 cm³/mol. The second kappa shape index (κ2) is 10.2. The van der Waals surface area contributed by atoms with Crippen molar-refractivity contribution in [2.45, 2.75) is 64.7 Å². The summed E-state index contributed by atoms with van der Waals surface area (Å²) in [5.74, 6) is 0. The lowest BCUT2D eigenvalue weighted by atomic mass is 10.0. The summed E-state index contributed by atoms with van der Waals surface area (Å²) in [4.78, 5) is 0. The molecule has 0 amide bonds. The molecule has 0 saturated carbocycles. The first-order chi connectivity index (χ1) is 10.9. The Labute approximate surface area is 136 Å². The van der Waals surface area contributed by atoms with Gasteiger partial charge in [0.15, 0.2) is 0 Å². The molecule has 0 unspecified atom stereocenters. The minimum atomic E-state index is 1.15. The van der Waals surface area contributed by atoms with Crippen LogP contribution in [0, 0.1) is 0 Å². The number of unbranched alkanes of at least 4 members (excludes halogenated alkanes) is 6. The number of hydrogen-bond donors (Lipinski definition) is 0. The molecule has 2 aromatic rings. The van der Waals surface area contributed by atoms with Gasteiger partial charge in [-0.3, -0.25) is 0 Å². The Kier molecular flexibility index (Phi) is 7.80. The van der Waals surface area contributed by atoms with E-state index in [2.05, 4.69) is 61.5 Å². The zero-order chi connectivity index (χ0) is 15.5. The first-order valence-electron chi connectivity index (χ1n) is 9.03. The second-order valence-electron chi connectivity index (χ2n) is 6.25. The van der Waals surface area contributed by atoms with Crippen LogP contribution in [-0.4, -0.2) is 0 Å². The third kappa shape index (κ3) is 6.05. The van der Waals surface area contributed by atoms with Gasteiger partial charge < -0.3 is 0 Å². The van der Waals surface area contributed by atoms with Gasteiger partial charge >= 0.3 is 0 Å². The van der Waals surface area contributed by atoms with Gasteiger partial charge in [0.05, 0.1) is 0 Å². The van der Waals surface area contributed by atoms with Crippen LogP contribution >= 0.6 is 0 Å². The van der Waals surface area contributed by atoms with Gasteiger partial charge in [-0.25, -0.2) is 0 Å². The van der Waals surface area contributed by atoms with E-state index in [0.29, 0.717) is 0 Å². The Hall–Kier alpha value is -1.56. The van der Waals surface area contributed by atoms with Crippen LogP contribution in [0.15, 0.2) is 54.6 Å². The zero-order valence-electron chi connectivity index (χ0n) is 14.1. The van der Waals surface area contributed by atoms with Gasteiger partial charge in [-0.2, -0.15) is 0 Å². The number of rotatable bonds is 10. The molecule has 0 heteroatoms. The Morgan fingerprint density at radius 1 is 0.727 bits per heavy atom. The highest BCUT2D eigenvalue weighted by molar-refractivity contribution is 5.82. The molecule has 0 bridgehead atoms. The molecule has 0 spiro atoms. The van der Waals surface area contributed by atoms with Crippen LogP contribution in [0.3, 0.4) is 0 Å². The quantitative estimate of drug-likeness (QED) is 0.324. The predicted octanol–water partition coefficient (Wildman–Crippen LogP) is 7.08. The summed E-state index contributed by atoms with van der Waals surface area (Å²) in [5, 5.41) is 2.70. The van der Waals surface area contributed by atoms with E-state index in [-0.39, 0.29) is 0 Å². The van der Waals surface area contributed by atoms with Crippen molar-refractivity contribution >= 4 is 10.8 Å². The number of aryl methyl sites for hydroxylation is 1. The molecule has 2 rings (SSSR count). The van der Waals surface area contributed by atoms with Gasteiger partial charge in [-0.1, -0.05) is 93.6 Å². The number of benzene rings is 2. The zero-order valence-corrected chi connectivity index (χ0v) is 14.1. The van der Waals surface area contributed by atoms with E-state index < -0.39 is 0 Å². The van der Waals surface area contributed by atoms with Gasteiger partial charge in [-0.05, 0) is 42.0 Å². The summed E-state index contributed by atoms with van der Waals surface area (Å²) in [6.07, 6.45) is 16.6. The van der Waals surface area contributed by atoms with Crippen LogP contribution in [0.1, 0.15) is 63.9 Å². The van der Waals surface area contributed by atoms with E-state index in [1.807, 2.05) is 0 Å². The number of allylic oxidation sites excluding steroid dienone is 2. The summed E-state index contributed by atoms with van der Waals surface area (Å²) < 4.78 is 0. The molecular weight excluding hydrogens is 264 g/mol. The molecule has 0 saturated heterocycles. The Balaban J connectivity index is 1.62. The highest BCUT2D eigenvalue weighted by Gasteiger charge is 1.95. The standard InChI is InChI=1S/C22H30/c1-2-3-4-5-6-7-8-9-10-11-14-20-17-18-21-15-12-13-16-22(21)19-20/h9-10,12-13,15-19H,2-8,11,14H2,1H3/b10-9+. The molecule has 0 fully saturated rings. The second-order valence-corrected chi connectivity index (χ2v) is 6.25. The maximum atomic E-state index is 2.38. The average Bonchev–Trinajstić information content (AvgIpc) is 2.56. The molecule has 0 aliphatic rings. The molecule has 0 aliphatic heterocycles. The van der Waals surface area contributed by atoms with Crippen molar-refractivity contribution in [3.8, 4) is 0 Å². The molecule has 0 N–H and O–H groups in total. The smallest absolute Gasteiger partial charge is 0.0181 e. The lowest BCUT2D eigenvalue weighted by Gasteiger charge is -2.02. The van der Waals surface area contributed by atoms with E-state index in [1.54, 1.807) is 0 Å². The molecule has 0 aromatic heterocycles. The van der Waals surface area contributed by atoms with E-state index in [0.717, 1.165) is 12.8 Å². The van der Waals surface area contributed by atoms with Crippen molar-refractivity contribution in [3.63, 3.8) is 0 Å². The van der Waals surface area contributed by atoms with Crippen LogP contribution in [0.2, 0.25) is 0 Å². The normalized spacial score (nSPS) is 11.5. The molecule has 0 radical (unpaired) electrons. The first kappa shape index (κ1) is 16.8. The molecule has 118 valence electrons. The van der Waals surface area contributed by atoms with E-state index in [1.165, 1.54) is 61.3 Å². The van der Waals surface area contributed by atoms with Gasteiger partial charge in [0, 0.05) is 0 Å². The maximum absolute atomic E-state index is 2.38. The number of fused-ring (bicyclic) bond motifs is 1. The molecule has 22 heavy (non-hydrogen) atoms. The lowest BCUT2D eigenvalue weighted by Crippen LogP contribution is -1.84. The highest BCUT2D eigenvalue weighted by atomic mass is 14.0. The number of hydrogen-bond acceptors (Lipinski definition) is 0. The third-order valence-corrected chi connectivity index (χ3v) is 4.30. The van der Waals surface area contributed by atoms with Crippen molar-refractivity contribution in [1.29, 1.82) is 0 Å². The summed E-state index contributed by atoms with van der Waals surface area (Å²) in [5.41, 5.74) is 1.45. The summed E-state index contributed by atoms with van der Waals surface area (Å²) in [6.45, 7) is 2.28. The van der Waals surface area contributed by atoms with Crippen molar-refractivity contribution in [2.75, 3.05) is 0 Å². The fourth-order valence-corrected chi connectivity index (χ4v) is 2.92. The van der Waals surface area contributed by atoms with Crippen molar-refractivity contribution in [3.05, 3.63) is 60.2 Å². The van der Waals surface area contributed by atoms with Gasteiger partial charge in [-0.15, -0.1) is 0 Å². The highest BCUT2D eigenvalue weighted by Crippen LogP contribution is 2.16. The Morgan fingerprint density at radius 3 is 2.32 bits per heavy atom. The minimum Gasteiger partial charge on any atom is -0.0885 e. The summed E-state index contributed by atoms with van der Waals surface area (Å²) >= 11 is 0. The van der Waals surface area contributed by atoms with Crippen LogP contribution in [-0.2, 0) is 6.42 Å². The largest absolute Gasteiger partial charge is 0.0885 e. The van der Waals surface area contributed by atoms with E-state index in [9.17, 15) is 0 Å². The van der Waals surface area contributed by atoms with Gasteiger partial charge in [0.1, 0.15) is 0 Å². The monoisotopic (exact) mass is 294 g/mol. The minimum absolute atomic E-state index is 1.15. The first-order valence-corrected chi connectivity index (χ1v) is 9.03. The van der Waals surface area contributed by atoms with Crippen LogP contribution < -0.4 is 0 Å². The molecule has 0 heterocycles. The fourth-order valence-electron chi connectivity index (χ4n) is 2.92. The Morgan fingerprint density at radius 2 is 1.45 bits per heavy atom. The van der Waals surface area contributed by atoms with E-state index >= 15 is 0 Å². The third-order valence-electron chi connectivity index (χ3n) is 4.30. The Bertz CT molecular complexity index is 565. The SMILES string of the molecule is CCCCCCCC/C=C/CCc1ccc2ccccc2c1. The van der Waals surface area contributed by atoms with Gasteiger partial charge in [0.2, 0.25) is 0 Å². The molecule has 2 aromatic carbocycles. The van der Waals surface area contributed by atoms with Crippen molar-refractivity contribution in [2.24, 2.45) is 0 Å². The summed E-state index contributed by atoms with van der Waals surface area (Å²) in [7, 11) is 0. The molecule has 0 nitrogen and oxygen atoms in total. The van der Waals surface area contributed by atoms with Crippen LogP contribution in [0.25, 0.3) is 10.8 Å². The molecular formula is C22H30. The van der Waals surface area contributed by atoms with E-state index in [4.69, 9.17) is 0 Å². The van der Waals surface area contributed by atoms with Gasteiger partial charge in [0.25, 0.3) is 0 Å². The lowest BCUT2D eigenvalue weighted by molar-refractivity contribution is 0.611. The molecule has 0 aliphatic carbocycles. The fraction of sp³-hybridized carbons (Fsp3) is 0.455. The molecule has 0 atom stereocenters. The average molecular weight is 294 g/mol. The topological polar surface area (TPSA) is 0 Å². The van der Waals surface area contributed by atoms with Crippen molar-refractivity contribution in [1.82, 2.24) is 0 Å². The maximum Gasteiger partial charge on any atom is -0.0181 e.